The summed E-state index contributed by atoms with van der Waals surface area (Å²) in [6, 6.07) is 15.4. The summed E-state index contributed by atoms with van der Waals surface area (Å²) in [4.78, 5) is 26.4. The Morgan fingerprint density at radius 2 is 1.62 bits per heavy atom. The molecule has 3 rings (SSSR count). The first-order valence-electron chi connectivity index (χ1n) is 9.43. The number of benzene rings is 2. The zero-order chi connectivity index (χ0) is 20.9. The van der Waals surface area contributed by atoms with E-state index in [-0.39, 0.29) is 16.7 Å². The maximum atomic E-state index is 12.5. The molecule has 1 fully saturated rings. The lowest BCUT2D eigenvalue weighted by Gasteiger charge is -2.31. The van der Waals surface area contributed by atoms with Gasteiger partial charge in [-0.15, -0.1) is 0 Å². The van der Waals surface area contributed by atoms with Crippen LogP contribution in [0, 0.1) is 5.92 Å². The van der Waals surface area contributed by atoms with Crippen LogP contribution < -0.4 is 5.32 Å². The van der Waals surface area contributed by atoms with Crippen LogP contribution in [0.5, 0.6) is 0 Å². The van der Waals surface area contributed by atoms with Crippen molar-refractivity contribution in [3.05, 3.63) is 65.2 Å². The van der Waals surface area contributed by atoms with Gasteiger partial charge in [0.25, 0.3) is 0 Å². The van der Waals surface area contributed by atoms with E-state index in [2.05, 4.69) is 5.32 Å². The monoisotopic (exact) mass is 434 g/mol. The second-order valence-corrected chi connectivity index (χ2v) is 9.50. The molecule has 0 radical (unpaired) electrons. The minimum Gasteiger partial charge on any atom is -0.352 e. The zero-order valence-corrected chi connectivity index (χ0v) is 17.5. The molecule has 154 valence electrons. The highest BCUT2D eigenvalue weighted by Gasteiger charge is 2.29. The van der Waals surface area contributed by atoms with Crippen molar-refractivity contribution in [3.8, 4) is 0 Å². The largest absolute Gasteiger partial charge is 0.352 e. The van der Waals surface area contributed by atoms with Crippen molar-refractivity contribution < 1.29 is 18.0 Å². The van der Waals surface area contributed by atoms with Crippen LogP contribution in [0.1, 0.15) is 18.4 Å². The number of piperidine rings is 1. The minimum atomic E-state index is -3.72. The molecule has 29 heavy (non-hydrogen) atoms. The molecule has 0 spiro atoms. The lowest BCUT2D eigenvalue weighted by molar-refractivity contribution is -0.133. The fraction of sp³-hybridized carbons (Fsp3) is 0.333. The Kier molecular flexibility index (Phi) is 6.92. The summed E-state index contributed by atoms with van der Waals surface area (Å²) in [6.07, 6.45) is 1.04. The van der Waals surface area contributed by atoms with Crippen LogP contribution >= 0.6 is 11.6 Å². The van der Waals surface area contributed by atoms with Gasteiger partial charge in [0.15, 0.2) is 9.84 Å². The molecule has 0 unspecified atom stereocenters. The van der Waals surface area contributed by atoms with E-state index in [1.54, 1.807) is 0 Å². The van der Waals surface area contributed by atoms with E-state index in [4.69, 9.17) is 11.6 Å². The minimum absolute atomic E-state index is 0.0327. The molecule has 0 saturated carbocycles. The van der Waals surface area contributed by atoms with Gasteiger partial charge >= 0.3 is 0 Å². The smallest absolute Gasteiger partial charge is 0.238 e. The first-order chi connectivity index (χ1) is 13.8. The Balaban J connectivity index is 1.49. The third-order valence-corrected chi connectivity index (χ3v) is 6.88. The number of hydrogen-bond donors (Lipinski definition) is 1. The van der Waals surface area contributed by atoms with Gasteiger partial charge in [-0.25, -0.2) is 8.42 Å². The number of nitrogens with one attached hydrogen (secondary N) is 1. The van der Waals surface area contributed by atoms with E-state index < -0.39 is 21.5 Å². The predicted octanol–water partition coefficient (Wildman–Crippen LogP) is 2.67. The summed E-state index contributed by atoms with van der Waals surface area (Å²) in [5.74, 6) is -1.23. The topological polar surface area (TPSA) is 83.6 Å². The number of sulfone groups is 1. The van der Waals surface area contributed by atoms with Crippen LogP contribution in [0.2, 0.25) is 5.02 Å². The molecule has 0 aliphatic carbocycles. The highest BCUT2D eigenvalue weighted by molar-refractivity contribution is 7.92. The van der Waals surface area contributed by atoms with Gasteiger partial charge in [0, 0.05) is 30.6 Å². The Morgan fingerprint density at radius 1 is 1.00 bits per heavy atom. The molecule has 1 N–H and O–H groups in total. The van der Waals surface area contributed by atoms with Crippen LogP contribution in [0.15, 0.2) is 59.5 Å². The van der Waals surface area contributed by atoms with Crippen LogP contribution in [0.3, 0.4) is 0 Å². The molecule has 8 heteroatoms. The number of carbonyl (C=O) groups is 2. The summed E-state index contributed by atoms with van der Waals surface area (Å²) in [7, 11) is -3.72. The maximum Gasteiger partial charge on any atom is 0.238 e. The van der Waals surface area contributed by atoms with Gasteiger partial charge < -0.3 is 10.2 Å². The highest BCUT2D eigenvalue weighted by atomic mass is 35.5. The van der Waals surface area contributed by atoms with Crippen molar-refractivity contribution in [1.82, 2.24) is 10.2 Å². The first-order valence-corrected chi connectivity index (χ1v) is 11.5. The fourth-order valence-corrected chi connectivity index (χ4v) is 4.65. The molecule has 0 aromatic heterocycles. The molecule has 1 heterocycles. The second kappa shape index (κ2) is 9.41. The van der Waals surface area contributed by atoms with Gasteiger partial charge in [-0.1, -0.05) is 41.9 Å². The van der Waals surface area contributed by atoms with Crippen molar-refractivity contribution in [1.29, 1.82) is 0 Å². The highest BCUT2D eigenvalue weighted by Crippen LogP contribution is 2.20. The van der Waals surface area contributed by atoms with Crippen LogP contribution in [-0.4, -0.2) is 44.0 Å². The van der Waals surface area contributed by atoms with Gasteiger partial charge in [-0.2, -0.15) is 0 Å². The molecule has 2 amide bonds. The molecular weight excluding hydrogens is 412 g/mol. The number of nitrogens with zero attached hydrogens (tertiary/aromatic N) is 1. The van der Waals surface area contributed by atoms with Crippen molar-refractivity contribution in [3.63, 3.8) is 0 Å². The Morgan fingerprint density at radius 3 is 2.24 bits per heavy atom. The molecule has 0 atom stereocenters. The third-order valence-electron chi connectivity index (χ3n) is 5.01. The van der Waals surface area contributed by atoms with Crippen molar-refractivity contribution in [2.24, 2.45) is 5.92 Å². The van der Waals surface area contributed by atoms with Crippen molar-refractivity contribution >= 4 is 33.3 Å². The Labute approximate surface area is 175 Å². The van der Waals surface area contributed by atoms with Gasteiger partial charge in [0.05, 0.1) is 4.90 Å². The zero-order valence-electron chi connectivity index (χ0n) is 15.9. The molecular formula is C21H23ClN2O4S. The lowest BCUT2D eigenvalue weighted by Crippen LogP contribution is -2.44. The van der Waals surface area contributed by atoms with E-state index in [0.29, 0.717) is 37.5 Å². The third kappa shape index (κ3) is 5.81. The van der Waals surface area contributed by atoms with Gasteiger partial charge in [-0.05, 0) is 42.7 Å². The van der Waals surface area contributed by atoms with Crippen molar-refractivity contribution in [2.75, 3.05) is 18.8 Å². The molecule has 6 nitrogen and oxygen atoms in total. The van der Waals surface area contributed by atoms with Crippen molar-refractivity contribution in [2.45, 2.75) is 24.3 Å². The van der Waals surface area contributed by atoms with Gasteiger partial charge in [0.2, 0.25) is 11.8 Å². The van der Waals surface area contributed by atoms with E-state index in [9.17, 15) is 18.0 Å². The lowest BCUT2D eigenvalue weighted by atomic mass is 9.96. The first kappa shape index (κ1) is 21.3. The fourth-order valence-electron chi connectivity index (χ4n) is 3.30. The molecule has 1 saturated heterocycles. The van der Waals surface area contributed by atoms with Crippen LogP contribution in [0.25, 0.3) is 0 Å². The number of amides is 2. The van der Waals surface area contributed by atoms with Crippen LogP contribution in [0.4, 0.5) is 0 Å². The average Bonchev–Trinajstić information content (AvgIpc) is 2.73. The summed E-state index contributed by atoms with van der Waals surface area (Å²) in [5.41, 5.74) is 1.03. The number of likely N-dealkylation sites (tertiary alicyclic amines) is 1. The SMILES string of the molecule is O=C(NCc1ccccc1)C1CCN(C(=O)CS(=O)(=O)c2ccc(Cl)cc2)CC1. The quantitative estimate of drug-likeness (QED) is 0.757. The maximum absolute atomic E-state index is 12.5. The predicted molar refractivity (Wildman–Crippen MR) is 111 cm³/mol. The number of halogens is 1. The number of hydrogen-bond acceptors (Lipinski definition) is 4. The van der Waals surface area contributed by atoms with E-state index >= 15 is 0 Å². The molecule has 1 aliphatic heterocycles. The number of rotatable bonds is 6. The summed E-state index contributed by atoms with van der Waals surface area (Å²) >= 11 is 5.78. The summed E-state index contributed by atoms with van der Waals surface area (Å²) < 4.78 is 24.9. The van der Waals surface area contributed by atoms with E-state index in [1.165, 1.54) is 29.2 Å². The number of carbonyl (C=O) groups excluding carboxylic acids is 2. The average molecular weight is 435 g/mol. The molecule has 2 aromatic rings. The van der Waals surface area contributed by atoms with E-state index in [1.807, 2.05) is 30.3 Å². The molecule has 1 aliphatic rings. The molecule has 2 aromatic carbocycles. The summed E-state index contributed by atoms with van der Waals surface area (Å²) in [6.45, 7) is 1.22. The van der Waals surface area contributed by atoms with Gasteiger partial charge in [-0.3, -0.25) is 9.59 Å². The summed E-state index contributed by atoms with van der Waals surface area (Å²) in [5, 5.41) is 3.36. The Bertz CT molecular complexity index is 954. The Hall–Kier alpha value is -2.38. The van der Waals surface area contributed by atoms with Gasteiger partial charge in [0.1, 0.15) is 5.75 Å². The van der Waals surface area contributed by atoms with E-state index in [0.717, 1.165) is 5.56 Å². The van der Waals surface area contributed by atoms with Crippen LogP contribution in [-0.2, 0) is 26.0 Å². The standard InChI is InChI=1S/C21H23ClN2O4S/c22-18-6-8-19(9-7-18)29(27,28)15-20(25)24-12-10-17(11-13-24)21(26)23-14-16-4-2-1-3-5-16/h1-9,17H,10-15H2,(H,23,26). The normalized spacial score (nSPS) is 15.1. The molecule has 0 bridgehead atoms. The second-order valence-electron chi connectivity index (χ2n) is 7.07.